The van der Waals surface area contributed by atoms with Gasteiger partial charge in [-0.15, -0.1) is 0 Å². The van der Waals surface area contributed by atoms with Crippen molar-refractivity contribution < 1.29 is 0 Å². The third-order valence-corrected chi connectivity index (χ3v) is 4.07. The number of nitrogens with zero attached hydrogens (tertiary/aromatic N) is 3. The third-order valence-electron chi connectivity index (χ3n) is 3.63. The number of pyridine rings is 1. The molecular weight excluding hydrogens is 284 g/mol. The van der Waals surface area contributed by atoms with Gasteiger partial charge in [-0.3, -0.25) is 9.67 Å². The lowest BCUT2D eigenvalue weighted by Crippen LogP contribution is -2.24. The van der Waals surface area contributed by atoms with Gasteiger partial charge in [-0.05, 0) is 31.5 Å². The van der Waals surface area contributed by atoms with Crippen LogP contribution in [-0.4, -0.2) is 21.3 Å². The predicted molar refractivity (Wildman–Crippen MR) is 86.6 cm³/mol. The van der Waals surface area contributed by atoms with Crippen LogP contribution < -0.4 is 5.32 Å². The van der Waals surface area contributed by atoms with Crippen LogP contribution in [0.25, 0.3) is 0 Å². The molecule has 0 aromatic carbocycles. The lowest BCUT2D eigenvalue weighted by atomic mass is 10.0. The Balaban J connectivity index is 2.31. The molecule has 2 aromatic heterocycles. The summed E-state index contributed by atoms with van der Waals surface area (Å²) in [6.45, 7) is 8.03. The van der Waals surface area contributed by atoms with Crippen LogP contribution in [0, 0.1) is 0 Å². The van der Waals surface area contributed by atoms with Gasteiger partial charge in [0.1, 0.15) is 0 Å². The normalized spacial score (nSPS) is 12.6. The molecule has 2 rings (SSSR count). The summed E-state index contributed by atoms with van der Waals surface area (Å²) in [6, 6.07) is 4.27. The summed E-state index contributed by atoms with van der Waals surface area (Å²) in [6.07, 6.45) is 5.39. The predicted octanol–water partition coefficient (Wildman–Crippen LogP) is 3.41. The van der Waals surface area contributed by atoms with Crippen molar-refractivity contribution in [2.45, 2.75) is 46.2 Å². The first-order valence-electron chi connectivity index (χ1n) is 7.58. The van der Waals surface area contributed by atoms with Crippen molar-refractivity contribution in [3.8, 4) is 0 Å². The van der Waals surface area contributed by atoms with Crippen molar-refractivity contribution in [1.29, 1.82) is 0 Å². The maximum Gasteiger partial charge on any atom is 0.0850 e. The van der Waals surface area contributed by atoms with Crippen molar-refractivity contribution >= 4 is 11.6 Å². The molecule has 1 unspecified atom stereocenters. The lowest BCUT2D eigenvalue weighted by molar-refractivity contribution is 0.515. The van der Waals surface area contributed by atoms with E-state index in [1.54, 1.807) is 6.20 Å². The van der Waals surface area contributed by atoms with E-state index in [2.05, 4.69) is 42.2 Å². The quantitative estimate of drug-likeness (QED) is 0.852. The Morgan fingerprint density at radius 1 is 1.33 bits per heavy atom. The number of nitrogens with one attached hydrogen (secondary N) is 1. The molecule has 114 valence electrons. The van der Waals surface area contributed by atoms with E-state index >= 15 is 0 Å². The van der Waals surface area contributed by atoms with Crippen LogP contribution in [0.15, 0.2) is 24.5 Å². The van der Waals surface area contributed by atoms with Gasteiger partial charge in [-0.25, -0.2) is 0 Å². The molecule has 0 spiro atoms. The fourth-order valence-electron chi connectivity index (χ4n) is 2.54. The second-order valence-electron chi connectivity index (χ2n) is 4.98. The number of hydrogen-bond donors (Lipinski definition) is 1. The molecule has 0 saturated heterocycles. The fraction of sp³-hybridized carbons (Fsp3) is 0.500. The van der Waals surface area contributed by atoms with Crippen LogP contribution in [0.1, 0.15) is 43.8 Å². The summed E-state index contributed by atoms with van der Waals surface area (Å²) in [5.41, 5.74) is 3.26. The van der Waals surface area contributed by atoms with Crippen molar-refractivity contribution in [2.24, 2.45) is 0 Å². The van der Waals surface area contributed by atoms with Crippen molar-refractivity contribution in [3.05, 3.63) is 46.5 Å². The zero-order chi connectivity index (χ0) is 15.2. The fourth-order valence-corrected chi connectivity index (χ4v) is 2.89. The molecule has 21 heavy (non-hydrogen) atoms. The van der Waals surface area contributed by atoms with Gasteiger partial charge in [0.05, 0.1) is 16.4 Å². The van der Waals surface area contributed by atoms with Crippen LogP contribution >= 0.6 is 11.6 Å². The molecule has 0 aliphatic carbocycles. The number of aromatic nitrogens is 3. The first-order chi connectivity index (χ1) is 10.2. The largest absolute Gasteiger partial charge is 0.310 e. The van der Waals surface area contributed by atoms with Crippen LogP contribution in [-0.2, 0) is 19.4 Å². The summed E-state index contributed by atoms with van der Waals surface area (Å²) >= 11 is 6.51. The van der Waals surface area contributed by atoms with E-state index < -0.39 is 0 Å². The maximum absolute atomic E-state index is 6.51. The van der Waals surface area contributed by atoms with E-state index in [0.29, 0.717) is 0 Å². The highest BCUT2D eigenvalue weighted by molar-refractivity contribution is 6.31. The van der Waals surface area contributed by atoms with E-state index in [9.17, 15) is 0 Å². The summed E-state index contributed by atoms with van der Waals surface area (Å²) in [4.78, 5) is 4.22. The van der Waals surface area contributed by atoms with Gasteiger partial charge in [0.25, 0.3) is 0 Å². The Morgan fingerprint density at radius 2 is 2.14 bits per heavy atom. The standard InChI is InChI=1S/C16H23ClN4/c1-4-13-16(17)15(21(6-3)20-13)10-14(19-5-2)12-8-7-9-18-11-12/h7-9,11,14,19H,4-6,10H2,1-3H3. The zero-order valence-corrected chi connectivity index (χ0v) is 13.7. The third kappa shape index (κ3) is 3.63. The minimum Gasteiger partial charge on any atom is -0.310 e. The number of aryl methyl sites for hydroxylation is 2. The highest BCUT2D eigenvalue weighted by atomic mass is 35.5. The highest BCUT2D eigenvalue weighted by Crippen LogP contribution is 2.26. The second-order valence-corrected chi connectivity index (χ2v) is 5.36. The SMILES string of the molecule is CCNC(Cc1c(Cl)c(CC)nn1CC)c1cccnc1. The number of hydrogen-bond acceptors (Lipinski definition) is 3. The molecule has 1 N–H and O–H groups in total. The van der Waals surface area contributed by atoms with E-state index in [1.807, 2.05) is 16.9 Å². The Labute approximate surface area is 131 Å². The van der Waals surface area contributed by atoms with Gasteiger partial charge in [0, 0.05) is 31.4 Å². The zero-order valence-electron chi connectivity index (χ0n) is 12.9. The molecule has 2 aromatic rings. The van der Waals surface area contributed by atoms with Crippen molar-refractivity contribution in [1.82, 2.24) is 20.1 Å². The first-order valence-corrected chi connectivity index (χ1v) is 7.96. The van der Waals surface area contributed by atoms with Gasteiger partial charge in [0.15, 0.2) is 0 Å². The van der Waals surface area contributed by atoms with E-state index in [1.165, 1.54) is 5.56 Å². The summed E-state index contributed by atoms with van der Waals surface area (Å²) in [5.74, 6) is 0. The van der Waals surface area contributed by atoms with Crippen LogP contribution in [0.5, 0.6) is 0 Å². The Hall–Kier alpha value is -1.39. The Morgan fingerprint density at radius 3 is 2.71 bits per heavy atom. The molecule has 0 bridgehead atoms. The van der Waals surface area contributed by atoms with Gasteiger partial charge in [0.2, 0.25) is 0 Å². The summed E-state index contributed by atoms with van der Waals surface area (Å²) in [5, 5.41) is 8.92. The molecule has 0 amide bonds. The topological polar surface area (TPSA) is 42.7 Å². The smallest absolute Gasteiger partial charge is 0.0850 e. The summed E-state index contributed by atoms with van der Waals surface area (Å²) in [7, 11) is 0. The average Bonchev–Trinajstić information content (AvgIpc) is 2.83. The van der Waals surface area contributed by atoms with Crippen molar-refractivity contribution in [2.75, 3.05) is 6.54 Å². The Bertz CT molecular complexity index is 565. The highest BCUT2D eigenvalue weighted by Gasteiger charge is 2.19. The lowest BCUT2D eigenvalue weighted by Gasteiger charge is -2.18. The van der Waals surface area contributed by atoms with Crippen LogP contribution in [0.3, 0.4) is 0 Å². The molecule has 2 heterocycles. The van der Waals surface area contributed by atoms with E-state index in [4.69, 9.17) is 11.6 Å². The minimum absolute atomic E-state index is 0.202. The van der Waals surface area contributed by atoms with Gasteiger partial charge in [-0.1, -0.05) is 31.5 Å². The van der Waals surface area contributed by atoms with Gasteiger partial charge < -0.3 is 5.32 Å². The van der Waals surface area contributed by atoms with E-state index in [-0.39, 0.29) is 6.04 Å². The number of likely N-dealkylation sites (N-methyl/N-ethyl adjacent to an activating group) is 1. The van der Waals surface area contributed by atoms with Gasteiger partial charge >= 0.3 is 0 Å². The van der Waals surface area contributed by atoms with Crippen LogP contribution in [0.2, 0.25) is 5.02 Å². The molecule has 1 atom stereocenters. The molecule has 0 aliphatic rings. The average molecular weight is 307 g/mol. The summed E-state index contributed by atoms with van der Waals surface area (Å²) < 4.78 is 2.02. The molecule has 0 saturated carbocycles. The molecule has 4 nitrogen and oxygen atoms in total. The molecular formula is C16H23ClN4. The Kier molecular flexibility index (Phi) is 5.76. The molecule has 5 heteroatoms. The maximum atomic E-state index is 6.51. The van der Waals surface area contributed by atoms with Crippen LogP contribution in [0.4, 0.5) is 0 Å². The second kappa shape index (κ2) is 7.57. The molecule has 0 radical (unpaired) electrons. The minimum atomic E-state index is 0.202. The number of halogens is 1. The molecule has 0 fully saturated rings. The molecule has 0 aliphatic heterocycles. The van der Waals surface area contributed by atoms with Crippen molar-refractivity contribution in [3.63, 3.8) is 0 Å². The monoisotopic (exact) mass is 306 g/mol. The first kappa shape index (κ1) is 16.0. The van der Waals surface area contributed by atoms with Gasteiger partial charge in [-0.2, -0.15) is 5.10 Å². The number of rotatable bonds is 7. The van der Waals surface area contributed by atoms with E-state index in [0.717, 1.165) is 42.3 Å².